The van der Waals surface area contributed by atoms with Crippen molar-refractivity contribution in [1.82, 2.24) is 4.57 Å². The third-order valence-electron chi connectivity index (χ3n) is 6.18. The summed E-state index contributed by atoms with van der Waals surface area (Å²) in [5, 5.41) is 0. The fourth-order valence-corrected chi connectivity index (χ4v) is 5.54. The van der Waals surface area contributed by atoms with Crippen LogP contribution in [0.3, 0.4) is 0 Å². The molecule has 4 aromatic rings. The normalized spacial score (nSPS) is 16.4. The Bertz CT molecular complexity index is 1700. The van der Waals surface area contributed by atoms with Gasteiger partial charge in [0.2, 0.25) is 6.79 Å². The van der Waals surface area contributed by atoms with Crippen molar-refractivity contribution in [2.75, 3.05) is 13.4 Å². The first-order valence-corrected chi connectivity index (χ1v) is 12.7. The maximum absolute atomic E-state index is 13.9. The Kier molecular flexibility index (Phi) is 5.94. The first-order valence-electron chi connectivity index (χ1n) is 11.9. The van der Waals surface area contributed by atoms with E-state index in [1.54, 1.807) is 17.6 Å². The molecule has 2 aliphatic rings. The predicted octanol–water partition coefficient (Wildman–Crippen LogP) is 3.66. The smallest absolute Gasteiger partial charge is 0.338 e. The highest BCUT2D eigenvalue weighted by Gasteiger charge is 2.36. The van der Waals surface area contributed by atoms with Crippen molar-refractivity contribution in [1.29, 1.82) is 0 Å². The minimum atomic E-state index is -0.766. The molecule has 0 amide bonds. The van der Waals surface area contributed by atoms with Gasteiger partial charge in [0.1, 0.15) is 0 Å². The summed E-state index contributed by atoms with van der Waals surface area (Å²) in [6, 6.07) is 23.8. The number of esters is 1. The van der Waals surface area contributed by atoms with Crippen LogP contribution in [0.4, 0.5) is 0 Å². The average molecular weight is 511 g/mol. The largest absolute Gasteiger partial charge is 0.463 e. The quantitative estimate of drug-likeness (QED) is 0.383. The Hall–Kier alpha value is -4.43. The number of fused-ring (bicyclic) bond motifs is 2. The first-order chi connectivity index (χ1) is 18.1. The molecule has 0 fully saturated rings. The zero-order valence-electron chi connectivity index (χ0n) is 19.9. The van der Waals surface area contributed by atoms with Crippen LogP contribution in [-0.2, 0) is 9.53 Å². The molecular formula is C29H22N2O5S. The summed E-state index contributed by atoms with van der Waals surface area (Å²) < 4.78 is 18.7. The van der Waals surface area contributed by atoms with Gasteiger partial charge in [0.15, 0.2) is 16.3 Å². The molecule has 0 N–H and O–H groups in total. The molecule has 37 heavy (non-hydrogen) atoms. The number of hydrogen-bond acceptors (Lipinski definition) is 7. The van der Waals surface area contributed by atoms with E-state index >= 15 is 0 Å². The predicted molar refractivity (Wildman–Crippen MR) is 140 cm³/mol. The van der Waals surface area contributed by atoms with Crippen molar-refractivity contribution in [3.8, 4) is 11.5 Å². The van der Waals surface area contributed by atoms with Crippen LogP contribution >= 0.6 is 11.3 Å². The fourth-order valence-electron chi connectivity index (χ4n) is 4.54. The van der Waals surface area contributed by atoms with E-state index in [-0.39, 0.29) is 19.0 Å². The second-order valence-electron chi connectivity index (χ2n) is 8.45. The van der Waals surface area contributed by atoms with Gasteiger partial charge in [-0.3, -0.25) is 9.36 Å². The SMILES string of the molecule is CCOC(=O)C1=C(c2ccccc2)N=c2s/c(=C\c3ccccc3)c(=O)n2C1c1ccc2c(c1)OCO2. The number of benzene rings is 3. The zero-order chi connectivity index (χ0) is 25.4. The molecule has 8 heteroatoms. The van der Waals surface area contributed by atoms with E-state index in [2.05, 4.69) is 0 Å². The number of rotatable bonds is 5. The molecule has 1 aromatic heterocycles. The molecule has 3 heterocycles. The number of aromatic nitrogens is 1. The third kappa shape index (κ3) is 4.15. The maximum atomic E-state index is 13.9. The lowest BCUT2D eigenvalue weighted by atomic mass is 9.93. The molecule has 0 saturated heterocycles. The van der Waals surface area contributed by atoms with Crippen molar-refractivity contribution in [2.24, 2.45) is 4.99 Å². The van der Waals surface area contributed by atoms with Gasteiger partial charge in [-0.1, -0.05) is 78.1 Å². The number of carbonyl (C=O) groups excluding carboxylic acids is 1. The molecule has 7 nitrogen and oxygen atoms in total. The highest BCUT2D eigenvalue weighted by atomic mass is 32.1. The van der Waals surface area contributed by atoms with Crippen LogP contribution < -0.4 is 24.4 Å². The van der Waals surface area contributed by atoms with Gasteiger partial charge in [-0.2, -0.15) is 0 Å². The zero-order valence-corrected chi connectivity index (χ0v) is 20.7. The summed E-state index contributed by atoms with van der Waals surface area (Å²) in [7, 11) is 0. The van der Waals surface area contributed by atoms with Gasteiger partial charge >= 0.3 is 5.97 Å². The van der Waals surface area contributed by atoms with Crippen molar-refractivity contribution in [3.63, 3.8) is 0 Å². The molecule has 3 aromatic carbocycles. The second-order valence-corrected chi connectivity index (χ2v) is 9.46. The molecule has 0 radical (unpaired) electrons. The van der Waals surface area contributed by atoms with Crippen LogP contribution in [0.15, 0.2) is 94.2 Å². The molecule has 2 aliphatic heterocycles. The number of hydrogen-bond donors (Lipinski definition) is 0. The minimum absolute atomic E-state index is 0.120. The van der Waals surface area contributed by atoms with Crippen molar-refractivity contribution < 1.29 is 19.0 Å². The Morgan fingerprint density at radius 1 is 1.05 bits per heavy atom. The first kappa shape index (κ1) is 23.0. The van der Waals surface area contributed by atoms with Gasteiger partial charge in [-0.15, -0.1) is 0 Å². The van der Waals surface area contributed by atoms with Crippen LogP contribution in [0.25, 0.3) is 11.8 Å². The lowest BCUT2D eigenvalue weighted by molar-refractivity contribution is -0.138. The van der Waals surface area contributed by atoms with Crippen LogP contribution in [-0.4, -0.2) is 23.9 Å². The van der Waals surface area contributed by atoms with Gasteiger partial charge in [0, 0.05) is 5.56 Å². The number of thiazole rings is 1. The Labute approximate surface area is 216 Å². The monoisotopic (exact) mass is 510 g/mol. The molecule has 6 rings (SSSR count). The van der Waals surface area contributed by atoms with E-state index < -0.39 is 12.0 Å². The van der Waals surface area contributed by atoms with Gasteiger partial charge in [0.05, 0.1) is 28.5 Å². The van der Waals surface area contributed by atoms with E-state index in [1.165, 1.54) is 11.3 Å². The summed E-state index contributed by atoms with van der Waals surface area (Å²) >= 11 is 1.29. The topological polar surface area (TPSA) is 79.1 Å². The van der Waals surface area contributed by atoms with E-state index in [9.17, 15) is 9.59 Å². The second kappa shape index (κ2) is 9.55. The summed E-state index contributed by atoms with van der Waals surface area (Å²) in [4.78, 5) is 32.7. The Balaban J connectivity index is 1.66. The third-order valence-corrected chi connectivity index (χ3v) is 7.17. The molecule has 1 unspecified atom stereocenters. The fraction of sp³-hybridized carbons (Fsp3) is 0.138. The van der Waals surface area contributed by atoms with E-state index in [1.807, 2.05) is 78.9 Å². The maximum Gasteiger partial charge on any atom is 0.338 e. The lowest BCUT2D eigenvalue weighted by Gasteiger charge is -2.26. The van der Waals surface area contributed by atoms with Gasteiger partial charge in [0.25, 0.3) is 5.56 Å². The van der Waals surface area contributed by atoms with E-state index in [0.717, 1.165) is 11.1 Å². The van der Waals surface area contributed by atoms with Crippen LogP contribution in [0.1, 0.15) is 29.7 Å². The molecule has 1 atom stereocenters. The summed E-state index contributed by atoms with van der Waals surface area (Å²) in [6.45, 7) is 2.07. The van der Waals surface area contributed by atoms with Crippen LogP contribution in [0, 0.1) is 0 Å². The number of carbonyl (C=O) groups is 1. The van der Waals surface area contributed by atoms with Crippen molar-refractivity contribution >= 4 is 29.1 Å². The summed E-state index contributed by atoms with van der Waals surface area (Å²) in [6.07, 6.45) is 1.84. The van der Waals surface area contributed by atoms with Gasteiger partial charge in [-0.05, 0) is 36.3 Å². The summed E-state index contributed by atoms with van der Waals surface area (Å²) in [5.74, 6) is 0.653. The van der Waals surface area contributed by atoms with E-state index in [0.29, 0.717) is 37.7 Å². The molecule has 184 valence electrons. The lowest BCUT2D eigenvalue weighted by Crippen LogP contribution is -2.40. The highest BCUT2D eigenvalue weighted by Crippen LogP contribution is 2.39. The number of ether oxygens (including phenoxy) is 3. The molecular weight excluding hydrogens is 488 g/mol. The van der Waals surface area contributed by atoms with Crippen molar-refractivity contribution in [3.05, 3.63) is 121 Å². The molecule has 0 bridgehead atoms. The summed E-state index contributed by atoms with van der Waals surface area (Å²) in [5.41, 5.74) is 2.91. The van der Waals surface area contributed by atoms with Crippen LogP contribution in [0.2, 0.25) is 0 Å². The minimum Gasteiger partial charge on any atom is -0.463 e. The molecule has 0 spiro atoms. The average Bonchev–Trinajstić information content (AvgIpc) is 3.52. The van der Waals surface area contributed by atoms with Crippen molar-refractivity contribution in [2.45, 2.75) is 13.0 Å². The van der Waals surface area contributed by atoms with Gasteiger partial charge < -0.3 is 14.2 Å². The van der Waals surface area contributed by atoms with Crippen LogP contribution in [0.5, 0.6) is 11.5 Å². The van der Waals surface area contributed by atoms with E-state index in [4.69, 9.17) is 19.2 Å². The Morgan fingerprint density at radius 3 is 2.54 bits per heavy atom. The molecule has 0 aliphatic carbocycles. The Morgan fingerprint density at radius 2 is 1.78 bits per heavy atom. The highest BCUT2D eigenvalue weighted by molar-refractivity contribution is 7.07. The standard InChI is InChI=1S/C29H22N2O5S/c1-2-34-28(33)24-25(19-11-7-4-8-12-19)30-29-31(26(24)20-13-14-21-22(16-20)36-17-35-21)27(32)23(37-29)15-18-9-5-3-6-10-18/h3-16,26H,2,17H2,1H3/b23-15-. The molecule has 0 saturated carbocycles. The number of nitrogens with zero attached hydrogens (tertiary/aromatic N) is 2. The van der Waals surface area contributed by atoms with Gasteiger partial charge in [-0.25, -0.2) is 9.79 Å².